The highest BCUT2D eigenvalue weighted by atomic mass is 79.9. The summed E-state index contributed by atoms with van der Waals surface area (Å²) in [4.78, 5) is 9.08. The Kier molecular flexibility index (Phi) is 5.50. The van der Waals surface area contributed by atoms with Gasteiger partial charge in [0.05, 0.1) is 0 Å². The zero-order chi connectivity index (χ0) is 18.6. The maximum atomic E-state index is 13.0. The van der Waals surface area contributed by atoms with Gasteiger partial charge in [-0.05, 0) is 48.4 Å². The quantitative estimate of drug-likeness (QED) is 0.611. The van der Waals surface area contributed by atoms with Crippen LogP contribution < -0.4 is 4.90 Å². The van der Waals surface area contributed by atoms with Crippen molar-refractivity contribution in [1.29, 1.82) is 0 Å². The van der Waals surface area contributed by atoms with Crippen molar-refractivity contribution in [3.63, 3.8) is 0 Å². The summed E-state index contributed by atoms with van der Waals surface area (Å²) in [6.45, 7) is 4.55. The molecule has 0 atom stereocenters. The van der Waals surface area contributed by atoms with Crippen LogP contribution >= 0.6 is 15.9 Å². The van der Waals surface area contributed by atoms with E-state index in [0.29, 0.717) is 11.8 Å². The molecule has 4 rings (SSSR count). The van der Waals surface area contributed by atoms with Crippen LogP contribution in [-0.4, -0.2) is 47.8 Å². The second-order valence-electron chi connectivity index (χ2n) is 6.61. The summed E-state index contributed by atoms with van der Waals surface area (Å²) in [5, 5.41) is 4.11. The van der Waals surface area contributed by atoms with Gasteiger partial charge in [0.1, 0.15) is 5.82 Å². The van der Waals surface area contributed by atoms with Crippen molar-refractivity contribution in [1.82, 2.24) is 15.0 Å². The van der Waals surface area contributed by atoms with Crippen LogP contribution in [0.1, 0.15) is 5.56 Å². The molecule has 0 bridgehead atoms. The highest BCUT2D eigenvalue weighted by Gasteiger charge is 2.21. The maximum Gasteiger partial charge on any atom is 0.324 e. The average molecular weight is 431 g/mol. The molecule has 1 aliphatic rings. The predicted octanol–water partition coefficient (Wildman–Crippen LogP) is 4.00. The van der Waals surface area contributed by atoms with Crippen molar-refractivity contribution in [2.45, 2.75) is 6.42 Å². The Bertz CT molecular complexity index is 874. The highest BCUT2D eigenvalue weighted by molar-refractivity contribution is 9.10. The van der Waals surface area contributed by atoms with E-state index >= 15 is 0 Å². The number of anilines is 1. The third-order valence-electron chi connectivity index (χ3n) is 4.79. The van der Waals surface area contributed by atoms with Gasteiger partial charge >= 0.3 is 6.01 Å². The van der Waals surface area contributed by atoms with E-state index in [1.165, 1.54) is 12.1 Å². The number of halogens is 2. The van der Waals surface area contributed by atoms with Crippen LogP contribution in [0.2, 0.25) is 0 Å². The molecule has 0 saturated carbocycles. The topological polar surface area (TPSA) is 45.4 Å². The predicted molar refractivity (Wildman–Crippen MR) is 106 cm³/mol. The number of benzene rings is 2. The first-order valence-electron chi connectivity index (χ1n) is 8.99. The molecule has 7 heteroatoms. The molecule has 0 aliphatic carbocycles. The van der Waals surface area contributed by atoms with E-state index in [1.54, 1.807) is 0 Å². The van der Waals surface area contributed by atoms with Gasteiger partial charge in [-0.1, -0.05) is 33.2 Å². The molecule has 1 fully saturated rings. The van der Waals surface area contributed by atoms with Crippen molar-refractivity contribution >= 4 is 21.9 Å². The molecule has 1 aliphatic heterocycles. The van der Waals surface area contributed by atoms with Crippen LogP contribution in [0.4, 0.5) is 10.4 Å². The summed E-state index contributed by atoms with van der Waals surface area (Å²) < 4.78 is 19.5. The molecule has 0 N–H and O–H groups in total. The highest BCUT2D eigenvalue weighted by Crippen LogP contribution is 2.22. The first kappa shape index (κ1) is 18.1. The van der Waals surface area contributed by atoms with Gasteiger partial charge in [-0.15, -0.1) is 0 Å². The Morgan fingerprint density at radius 1 is 0.963 bits per heavy atom. The lowest BCUT2D eigenvalue weighted by molar-refractivity contribution is 0.253. The Labute approximate surface area is 165 Å². The minimum absolute atomic E-state index is 0.186. The van der Waals surface area contributed by atoms with Crippen LogP contribution in [0.15, 0.2) is 57.5 Å². The summed E-state index contributed by atoms with van der Waals surface area (Å²) in [5.41, 5.74) is 2.10. The van der Waals surface area contributed by atoms with Crippen molar-refractivity contribution in [3.8, 4) is 11.4 Å². The largest absolute Gasteiger partial charge is 0.324 e. The van der Waals surface area contributed by atoms with Crippen LogP contribution in [0.5, 0.6) is 0 Å². The fourth-order valence-corrected chi connectivity index (χ4v) is 3.43. The lowest BCUT2D eigenvalue weighted by Crippen LogP contribution is -2.47. The number of piperazine rings is 1. The number of nitrogens with zero attached hydrogens (tertiary/aromatic N) is 4. The molecule has 140 valence electrons. The SMILES string of the molecule is Fc1ccc(CCN2CCN(c3nc(-c4ccc(Br)cc4)no3)CC2)cc1. The molecule has 3 aromatic rings. The van der Waals surface area contributed by atoms with E-state index in [9.17, 15) is 4.39 Å². The van der Waals surface area contributed by atoms with Crippen LogP contribution in [0.3, 0.4) is 0 Å². The van der Waals surface area contributed by atoms with E-state index in [1.807, 2.05) is 36.4 Å². The van der Waals surface area contributed by atoms with Crippen molar-refractivity contribution < 1.29 is 8.91 Å². The molecule has 5 nitrogen and oxygen atoms in total. The molecule has 0 spiro atoms. The van der Waals surface area contributed by atoms with Gasteiger partial charge in [-0.3, -0.25) is 4.90 Å². The second kappa shape index (κ2) is 8.19. The first-order chi connectivity index (χ1) is 13.2. The van der Waals surface area contributed by atoms with E-state index in [4.69, 9.17) is 4.52 Å². The molecule has 2 heterocycles. The van der Waals surface area contributed by atoms with Gasteiger partial charge in [-0.25, -0.2) is 4.39 Å². The Morgan fingerprint density at radius 2 is 1.67 bits per heavy atom. The summed E-state index contributed by atoms with van der Waals surface area (Å²) in [7, 11) is 0. The van der Waals surface area contributed by atoms with Gasteiger partial charge in [0.25, 0.3) is 0 Å². The zero-order valence-corrected chi connectivity index (χ0v) is 16.4. The van der Waals surface area contributed by atoms with E-state index in [-0.39, 0.29) is 5.82 Å². The molecule has 0 radical (unpaired) electrons. The molecule has 27 heavy (non-hydrogen) atoms. The van der Waals surface area contributed by atoms with E-state index in [0.717, 1.165) is 54.7 Å². The van der Waals surface area contributed by atoms with Crippen LogP contribution in [0.25, 0.3) is 11.4 Å². The van der Waals surface area contributed by atoms with E-state index in [2.05, 4.69) is 35.9 Å². The third-order valence-corrected chi connectivity index (χ3v) is 5.32. The molecule has 0 amide bonds. The summed E-state index contributed by atoms with van der Waals surface area (Å²) in [6, 6.07) is 15.2. The van der Waals surface area contributed by atoms with Crippen molar-refractivity contribution in [2.24, 2.45) is 0 Å². The summed E-state index contributed by atoms with van der Waals surface area (Å²) in [6.07, 6.45) is 0.925. The lowest BCUT2D eigenvalue weighted by Gasteiger charge is -2.33. The lowest BCUT2D eigenvalue weighted by atomic mass is 10.1. The van der Waals surface area contributed by atoms with Gasteiger partial charge in [0.2, 0.25) is 5.82 Å². The number of hydrogen-bond donors (Lipinski definition) is 0. The van der Waals surface area contributed by atoms with Gasteiger partial charge in [0.15, 0.2) is 0 Å². The first-order valence-corrected chi connectivity index (χ1v) is 9.78. The van der Waals surface area contributed by atoms with Crippen molar-refractivity contribution in [3.05, 3.63) is 64.4 Å². The van der Waals surface area contributed by atoms with Gasteiger partial charge in [-0.2, -0.15) is 4.98 Å². The fourth-order valence-electron chi connectivity index (χ4n) is 3.16. The summed E-state index contributed by atoms with van der Waals surface area (Å²) >= 11 is 3.43. The summed E-state index contributed by atoms with van der Waals surface area (Å²) in [5.74, 6) is 0.422. The monoisotopic (exact) mass is 430 g/mol. The smallest absolute Gasteiger partial charge is 0.322 e. The molecule has 2 aromatic carbocycles. The maximum absolute atomic E-state index is 13.0. The number of hydrogen-bond acceptors (Lipinski definition) is 5. The van der Waals surface area contributed by atoms with Crippen molar-refractivity contribution in [2.75, 3.05) is 37.6 Å². The molecule has 1 saturated heterocycles. The van der Waals surface area contributed by atoms with Gasteiger partial charge in [0, 0.05) is 42.8 Å². The molecule has 0 unspecified atom stereocenters. The van der Waals surface area contributed by atoms with Crippen LogP contribution in [-0.2, 0) is 6.42 Å². The number of rotatable bonds is 5. The molecular weight excluding hydrogens is 411 g/mol. The molecular formula is C20H20BrFN4O. The number of aromatic nitrogens is 2. The average Bonchev–Trinajstić information content (AvgIpc) is 3.19. The minimum atomic E-state index is -0.186. The third kappa shape index (κ3) is 4.54. The van der Waals surface area contributed by atoms with Crippen LogP contribution in [0, 0.1) is 5.82 Å². The molecule has 1 aromatic heterocycles. The Balaban J connectivity index is 1.30. The second-order valence-corrected chi connectivity index (χ2v) is 7.53. The normalized spacial score (nSPS) is 15.3. The minimum Gasteiger partial charge on any atom is -0.322 e. The Morgan fingerprint density at radius 3 is 2.37 bits per heavy atom. The van der Waals surface area contributed by atoms with Gasteiger partial charge < -0.3 is 9.42 Å². The Hall–Kier alpha value is -2.25. The zero-order valence-electron chi connectivity index (χ0n) is 14.8. The standard InChI is InChI=1S/C20H20BrFN4O/c21-17-5-3-16(4-6-17)19-23-20(27-24-19)26-13-11-25(12-14-26)10-9-15-1-7-18(22)8-2-15/h1-8H,9-14H2. The fraction of sp³-hybridized carbons (Fsp3) is 0.300. The van der Waals surface area contributed by atoms with E-state index < -0.39 is 0 Å².